The number of allylic oxidation sites excluding steroid dienone is 1. The zero-order valence-electron chi connectivity index (χ0n) is 15.0. The van der Waals surface area contributed by atoms with Crippen LogP contribution in [0.5, 0.6) is 0 Å². The molecule has 0 bridgehead atoms. The molecule has 0 aromatic carbocycles. The lowest BCUT2D eigenvalue weighted by atomic mass is 9.97. The molecular weight excluding hydrogens is 334 g/mol. The van der Waals surface area contributed by atoms with Gasteiger partial charge in [0, 0.05) is 24.5 Å². The van der Waals surface area contributed by atoms with Crippen molar-refractivity contribution >= 4 is 27.5 Å². The van der Waals surface area contributed by atoms with Crippen molar-refractivity contribution in [3.63, 3.8) is 0 Å². The molecular formula is C19H25N3O2S. The van der Waals surface area contributed by atoms with E-state index in [1.54, 1.807) is 22.0 Å². The second-order valence-electron chi connectivity index (χ2n) is 7.17. The Hall–Kier alpha value is -1.66. The van der Waals surface area contributed by atoms with E-state index in [1.807, 2.05) is 0 Å². The minimum atomic E-state index is 0.0890. The molecule has 0 radical (unpaired) electrons. The highest BCUT2D eigenvalue weighted by Crippen LogP contribution is 2.34. The number of hydrogen-bond donors (Lipinski definition) is 0. The molecule has 0 N–H and O–H groups in total. The van der Waals surface area contributed by atoms with Crippen molar-refractivity contribution in [1.29, 1.82) is 0 Å². The van der Waals surface area contributed by atoms with Gasteiger partial charge in [-0.1, -0.05) is 6.08 Å². The number of hydrogen-bond acceptors (Lipinski definition) is 5. The second kappa shape index (κ2) is 6.57. The topological polar surface area (TPSA) is 47.4 Å². The lowest BCUT2D eigenvalue weighted by Gasteiger charge is -2.36. The van der Waals surface area contributed by atoms with Gasteiger partial charge >= 0.3 is 0 Å². The Morgan fingerprint density at radius 3 is 2.72 bits per heavy atom. The number of ether oxygens (including phenoxy) is 1. The van der Waals surface area contributed by atoms with Crippen molar-refractivity contribution < 1.29 is 4.74 Å². The molecule has 2 aliphatic rings. The van der Waals surface area contributed by atoms with E-state index in [2.05, 4.69) is 25.3 Å². The average molecular weight is 359 g/mol. The van der Waals surface area contributed by atoms with Gasteiger partial charge in [0.25, 0.3) is 5.56 Å². The van der Waals surface area contributed by atoms with E-state index in [-0.39, 0.29) is 17.8 Å². The fourth-order valence-electron chi connectivity index (χ4n) is 4.10. The monoisotopic (exact) mass is 359 g/mol. The number of morpholine rings is 1. The minimum absolute atomic E-state index is 0.0890. The number of nitrogens with zero attached hydrogens (tertiary/aromatic N) is 3. The van der Waals surface area contributed by atoms with Gasteiger partial charge in [0.2, 0.25) is 5.95 Å². The molecule has 5 nitrogen and oxygen atoms in total. The molecule has 1 saturated heterocycles. The summed E-state index contributed by atoms with van der Waals surface area (Å²) in [6, 6.07) is 0. The molecule has 1 aliphatic heterocycles. The smallest absolute Gasteiger partial charge is 0.264 e. The first-order valence-corrected chi connectivity index (χ1v) is 9.96. The number of aromatic nitrogens is 2. The predicted molar refractivity (Wildman–Crippen MR) is 103 cm³/mol. The lowest BCUT2D eigenvalue weighted by Crippen LogP contribution is -2.47. The van der Waals surface area contributed by atoms with Crippen LogP contribution in [0.25, 0.3) is 10.2 Å². The highest BCUT2D eigenvalue weighted by Gasteiger charge is 2.28. The third-order valence-corrected chi connectivity index (χ3v) is 6.25. The van der Waals surface area contributed by atoms with Gasteiger partial charge in [-0.15, -0.1) is 17.9 Å². The maximum absolute atomic E-state index is 13.3. The van der Waals surface area contributed by atoms with Crippen molar-refractivity contribution in [1.82, 2.24) is 9.55 Å². The third kappa shape index (κ3) is 2.91. The molecule has 0 spiro atoms. The number of aryl methyl sites for hydroxylation is 2. The Labute approximate surface area is 151 Å². The van der Waals surface area contributed by atoms with Gasteiger partial charge in [0.15, 0.2) is 0 Å². The first-order valence-electron chi connectivity index (χ1n) is 9.15. The van der Waals surface area contributed by atoms with Gasteiger partial charge in [0.05, 0.1) is 17.6 Å². The zero-order valence-corrected chi connectivity index (χ0v) is 15.8. The van der Waals surface area contributed by atoms with Crippen LogP contribution in [0.2, 0.25) is 0 Å². The number of thiophene rings is 1. The van der Waals surface area contributed by atoms with Crippen molar-refractivity contribution in [2.45, 2.75) is 58.3 Å². The summed E-state index contributed by atoms with van der Waals surface area (Å²) in [6.45, 7) is 9.98. The summed E-state index contributed by atoms with van der Waals surface area (Å²) in [5.74, 6) is 0.762. The van der Waals surface area contributed by atoms with Gasteiger partial charge in [-0.05, 0) is 45.1 Å². The van der Waals surface area contributed by atoms with Crippen molar-refractivity contribution in [3.05, 3.63) is 33.4 Å². The van der Waals surface area contributed by atoms with Crippen LogP contribution in [0, 0.1) is 0 Å². The second-order valence-corrected chi connectivity index (χ2v) is 8.25. The van der Waals surface area contributed by atoms with Crippen LogP contribution in [-0.4, -0.2) is 34.8 Å². The summed E-state index contributed by atoms with van der Waals surface area (Å²) in [4.78, 5) is 22.7. The predicted octanol–water partition coefficient (Wildman–Crippen LogP) is 3.14. The maximum Gasteiger partial charge on any atom is 0.264 e. The Kier molecular flexibility index (Phi) is 4.41. The number of rotatable bonds is 3. The van der Waals surface area contributed by atoms with Crippen LogP contribution in [0.4, 0.5) is 5.95 Å². The quantitative estimate of drug-likeness (QED) is 0.790. The van der Waals surface area contributed by atoms with Gasteiger partial charge in [-0.3, -0.25) is 9.36 Å². The molecule has 1 fully saturated rings. The maximum atomic E-state index is 13.3. The minimum Gasteiger partial charge on any atom is -0.372 e. The molecule has 1 aliphatic carbocycles. The largest absolute Gasteiger partial charge is 0.372 e. The van der Waals surface area contributed by atoms with Gasteiger partial charge < -0.3 is 9.64 Å². The van der Waals surface area contributed by atoms with Gasteiger partial charge in [0.1, 0.15) is 4.83 Å². The van der Waals surface area contributed by atoms with Crippen LogP contribution < -0.4 is 10.5 Å². The summed E-state index contributed by atoms with van der Waals surface area (Å²) in [7, 11) is 0. The molecule has 25 heavy (non-hydrogen) atoms. The van der Waals surface area contributed by atoms with E-state index in [9.17, 15) is 4.79 Å². The van der Waals surface area contributed by atoms with Crippen molar-refractivity contribution in [2.75, 3.05) is 18.0 Å². The van der Waals surface area contributed by atoms with Crippen LogP contribution >= 0.6 is 11.3 Å². The van der Waals surface area contributed by atoms with Crippen molar-refractivity contribution in [2.24, 2.45) is 0 Å². The van der Waals surface area contributed by atoms with E-state index in [0.717, 1.165) is 42.1 Å². The number of anilines is 1. The SMILES string of the molecule is C=CCn1c(N2CC(C)OC(C)C2)nc2sc3c(c2c1=O)CCCC3. The molecule has 2 unspecified atom stereocenters. The summed E-state index contributed by atoms with van der Waals surface area (Å²) < 4.78 is 7.64. The highest BCUT2D eigenvalue weighted by atomic mass is 32.1. The molecule has 2 atom stereocenters. The van der Waals surface area contributed by atoms with E-state index in [4.69, 9.17) is 9.72 Å². The lowest BCUT2D eigenvalue weighted by molar-refractivity contribution is -0.00593. The molecule has 0 amide bonds. The van der Waals surface area contributed by atoms with E-state index < -0.39 is 0 Å². The summed E-state index contributed by atoms with van der Waals surface area (Å²) in [5, 5.41) is 0.847. The molecule has 2 aromatic rings. The van der Waals surface area contributed by atoms with E-state index in [0.29, 0.717) is 6.54 Å². The Bertz CT molecular complexity index is 860. The van der Waals surface area contributed by atoms with Crippen LogP contribution in [0.3, 0.4) is 0 Å². The molecule has 134 valence electrons. The standard InChI is InChI=1S/C19H25N3O2S/c1-4-9-22-18(23)16-14-7-5-6-8-15(14)25-17(16)20-19(22)21-10-12(2)24-13(3)11-21/h4,12-13H,1,5-11H2,2-3H3. The fourth-order valence-corrected chi connectivity index (χ4v) is 5.35. The van der Waals surface area contributed by atoms with Crippen LogP contribution in [0.1, 0.15) is 37.1 Å². The van der Waals surface area contributed by atoms with E-state index >= 15 is 0 Å². The summed E-state index contributed by atoms with van der Waals surface area (Å²) >= 11 is 1.71. The molecule has 6 heteroatoms. The normalized spacial score (nSPS) is 23.7. The molecule has 0 saturated carbocycles. The third-order valence-electron chi connectivity index (χ3n) is 5.07. The average Bonchev–Trinajstić information content (AvgIpc) is 2.95. The van der Waals surface area contributed by atoms with Crippen LogP contribution in [-0.2, 0) is 24.1 Å². The van der Waals surface area contributed by atoms with Gasteiger partial charge in [-0.25, -0.2) is 4.98 Å². The molecule has 2 aromatic heterocycles. The first kappa shape index (κ1) is 16.8. The Morgan fingerprint density at radius 1 is 1.28 bits per heavy atom. The molecule has 4 rings (SSSR count). The van der Waals surface area contributed by atoms with Gasteiger partial charge in [-0.2, -0.15) is 0 Å². The highest BCUT2D eigenvalue weighted by molar-refractivity contribution is 7.18. The zero-order chi connectivity index (χ0) is 17.6. The van der Waals surface area contributed by atoms with E-state index in [1.165, 1.54) is 23.3 Å². The van der Waals surface area contributed by atoms with Crippen LogP contribution in [0.15, 0.2) is 17.4 Å². The molecule has 3 heterocycles. The summed E-state index contributed by atoms with van der Waals surface area (Å²) in [6.07, 6.45) is 6.51. The van der Waals surface area contributed by atoms with Crippen molar-refractivity contribution in [3.8, 4) is 0 Å². The Morgan fingerprint density at radius 2 is 2.00 bits per heavy atom. The first-order chi connectivity index (χ1) is 12.1. The summed E-state index contributed by atoms with van der Waals surface area (Å²) in [5.41, 5.74) is 1.34. The Balaban J connectivity index is 1.90. The number of fused-ring (bicyclic) bond motifs is 3. The fraction of sp³-hybridized carbons (Fsp3) is 0.579.